The van der Waals surface area contributed by atoms with E-state index < -0.39 is 0 Å². The molecule has 0 fully saturated rings. The zero-order valence-electron chi connectivity index (χ0n) is 23.9. The number of hydrogen-bond donors (Lipinski definition) is 0. The van der Waals surface area contributed by atoms with E-state index in [1.165, 1.54) is 34.7 Å². The molecule has 39 heavy (non-hydrogen) atoms. The predicted octanol–water partition coefficient (Wildman–Crippen LogP) is 8.22. The van der Waals surface area contributed by atoms with E-state index in [9.17, 15) is 4.79 Å². The van der Waals surface area contributed by atoms with Crippen molar-refractivity contribution in [2.75, 3.05) is 0 Å². The zero-order chi connectivity index (χ0) is 27.4. The van der Waals surface area contributed by atoms with Crippen molar-refractivity contribution in [2.45, 2.75) is 77.7 Å². The molecule has 2 atom stereocenters. The van der Waals surface area contributed by atoms with Crippen LogP contribution in [0.3, 0.4) is 0 Å². The molecule has 0 bridgehead atoms. The van der Waals surface area contributed by atoms with Crippen molar-refractivity contribution in [3.8, 4) is 22.4 Å². The lowest BCUT2D eigenvalue weighted by Gasteiger charge is -2.47. The van der Waals surface area contributed by atoms with Crippen LogP contribution < -0.4 is 10.1 Å². The third kappa shape index (κ3) is 3.55. The van der Waals surface area contributed by atoms with Crippen molar-refractivity contribution in [3.05, 3.63) is 107 Å². The minimum absolute atomic E-state index is 0.0103. The van der Waals surface area contributed by atoms with E-state index in [4.69, 9.17) is 0 Å². The first-order valence-corrected chi connectivity index (χ1v) is 14.6. The molecule has 3 heteroatoms. The van der Waals surface area contributed by atoms with Gasteiger partial charge in [-0.2, -0.15) is 4.40 Å². The van der Waals surface area contributed by atoms with Gasteiger partial charge >= 0.3 is 5.56 Å². The molecule has 5 aromatic rings. The highest BCUT2D eigenvalue weighted by molar-refractivity contribution is 6.10. The summed E-state index contributed by atoms with van der Waals surface area (Å²) in [7, 11) is 0. The fourth-order valence-electron chi connectivity index (χ4n) is 7.11. The Balaban J connectivity index is 1.84. The van der Waals surface area contributed by atoms with Gasteiger partial charge in [-0.1, -0.05) is 107 Å². The summed E-state index contributed by atoms with van der Waals surface area (Å²) in [6.45, 7) is 11.6. The van der Waals surface area contributed by atoms with Crippen LogP contribution in [0.25, 0.3) is 38.8 Å². The van der Waals surface area contributed by atoms with Crippen molar-refractivity contribution in [1.82, 2.24) is 4.40 Å². The summed E-state index contributed by atoms with van der Waals surface area (Å²) in [5, 5.41) is 2.42. The maximum atomic E-state index is 13.9. The Morgan fingerprint density at radius 3 is 2.21 bits per heavy atom. The van der Waals surface area contributed by atoms with Gasteiger partial charge in [0.15, 0.2) is 5.69 Å². The van der Waals surface area contributed by atoms with E-state index in [0.29, 0.717) is 0 Å². The maximum absolute atomic E-state index is 13.9. The number of benzene rings is 3. The van der Waals surface area contributed by atoms with Crippen LogP contribution >= 0.6 is 0 Å². The van der Waals surface area contributed by atoms with Crippen LogP contribution in [0.1, 0.15) is 71.4 Å². The molecule has 3 nitrogen and oxygen atoms in total. The number of unbranched alkanes of at least 4 members (excludes halogenated alkanes) is 1. The van der Waals surface area contributed by atoms with Crippen LogP contribution in [-0.2, 0) is 17.4 Å². The van der Waals surface area contributed by atoms with E-state index in [1.54, 1.807) is 6.07 Å². The highest BCUT2D eigenvalue weighted by atomic mass is 16.1. The number of aromatic nitrogens is 2. The van der Waals surface area contributed by atoms with Crippen LogP contribution in [0.2, 0.25) is 0 Å². The number of nitrogens with zero attached hydrogens (tertiary/aromatic N) is 2. The van der Waals surface area contributed by atoms with Gasteiger partial charge in [0.2, 0.25) is 0 Å². The third-order valence-electron chi connectivity index (χ3n) is 9.86. The van der Waals surface area contributed by atoms with Crippen molar-refractivity contribution in [3.63, 3.8) is 0 Å². The summed E-state index contributed by atoms with van der Waals surface area (Å²) in [4.78, 5) is 13.9. The molecule has 3 heterocycles. The van der Waals surface area contributed by atoms with Crippen LogP contribution in [0, 0.1) is 0 Å². The summed E-state index contributed by atoms with van der Waals surface area (Å²) in [6.07, 6.45) is 7.49. The zero-order valence-corrected chi connectivity index (χ0v) is 23.9. The number of hydrogen-bond acceptors (Lipinski definition) is 1. The minimum atomic E-state index is -0.182. The van der Waals surface area contributed by atoms with Gasteiger partial charge in [0.05, 0.1) is 17.6 Å². The molecule has 0 aliphatic carbocycles. The van der Waals surface area contributed by atoms with Crippen LogP contribution in [0.15, 0.2) is 89.9 Å². The van der Waals surface area contributed by atoms with Gasteiger partial charge in [0.1, 0.15) is 5.54 Å². The number of aryl methyl sites for hydroxylation is 1. The topological polar surface area (TPSA) is 25.4 Å². The summed E-state index contributed by atoms with van der Waals surface area (Å²) < 4.78 is 4.42. The summed E-state index contributed by atoms with van der Waals surface area (Å²) >= 11 is 0. The Hall–Kier alpha value is -3.72. The Morgan fingerprint density at radius 1 is 0.795 bits per heavy atom. The predicted molar refractivity (Wildman–Crippen MR) is 162 cm³/mol. The second-order valence-electron chi connectivity index (χ2n) is 11.6. The lowest BCUT2D eigenvalue weighted by Crippen LogP contribution is -2.67. The molecular formula is C36H39N2O+. The maximum Gasteiger partial charge on any atom is 0.342 e. The monoisotopic (exact) mass is 515 g/mol. The van der Waals surface area contributed by atoms with E-state index in [-0.39, 0.29) is 16.5 Å². The first-order valence-electron chi connectivity index (χ1n) is 14.6. The molecule has 0 N–H and O–H groups in total. The van der Waals surface area contributed by atoms with Crippen molar-refractivity contribution in [1.29, 1.82) is 0 Å². The minimum Gasteiger partial charge on any atom is -0.241 e. The second-order valence-corrected chi connectivity index (χ2v) is 11.6. The second kappa shape index (κ2) is 9.48. The van der Waals surface area contributed by atoms with Crippen molar-refractivity contribution < 1.29 is 4.57 Å². The largest absolute Gasteiger partial charge is 0.342 e. The van der Waals surface area contributed by atoms with Gasteiger partial charge in [-0.25, -0.2) is 9.36 Å². The van der Waals surface area contributed by atoms with Gasteiger partial charge in [-0.15, -0.1) is 0 Å². The number of pyridine rings is 1. The third-order valence-corrected chi connectivity index (χ3v) is 9.86. The lowest BCUT2D eigenvalue weighted by atomic mass is 9.61. The van der Waals surface area contributed by atoms with Crippen LogP contribution in [0.5, 0.6) is 0 Å². The Kier molecular flexibility index (Phi) is 6.21. The van der Waals surface area contributed by atoms with Crippen molar-refractivity contribution in [2.24, 2.45) is 0 Å². The van der Waals surface area contributed by atoms with Gasteiger partial charge in [0, 0.05) is 21.9 Å². The van der Waals surface area contributed by atoms with E-state index in [2.05, 4.69) is 106 Å². The Labute approximate surface area is 231 Å². The quantitative estimate of drug-likeness (QED) is 0.158. The molecule has 3 aromatic carbocycles. The molecule has 2 unspecified atom stereocenters. The molecule has 0 saturated heterocycles. The standard InChI is InChI=1S/C36H39N2O/c1-6-9-14-25-19-21-26(22-20-25)31-28-17-13-18-29-32(28)34-37(36(5,8-3)35(29,4)7-2)24-23-30(39)38(34)33(31)27-15-11-10-12-16-27/h10-13,15-24H,6-9,14H2,1-5H3/q+1. The molecule has 1 aliphatic rings. The first kappa shape index (κ1) is 25.6. The Bertz CT molecular complexity index is 1750. The highest BCUT2D eigenvalue weighted by Gasteiger charge is 2.53. The summed E-state index contributed by atoms with van der Waals surface area (Å²) in [5.41, 5.74) is 7.75. The molecular weight excluding hydrogens is 476 g/mol. The average molecular weight is 516 g/mol. The smallest absolute Gasteiger partial charge is 0.241 e. The first-order chi connectivity index (χ1) is 18.9. The molecule has 2 aromatic heterocycles. The van der Waals surface area contributed by atoms with E-state index >= 15 is 0 Å². The molecule has 0 saturated carbocycles. The van der Waals surface area contributed by atoms with Gasteiger partial charge in [-0.05, 0) is 49.3 Å². The van der Waals surface area contributed by atoms with Gasteiger partial charge in [-0.3, -0.25) is 0 Å². The van der Waals surface area contributed by atoms with E-state index in [0.717, 1.165) is 47.3 Å². The summed E-state index contributed by atoms with van der Waals surface area (Å²) in [5.74, 6) is 0. The fourth-order valence-corrected chi connectivity index (χ4v) is 7.11. The lowest BCUT2D eigenvalue weighted by molar-refractivity contribution is -0.753. The highest BCUT2D eigenvalue weighted by Crippen LogP contribution is 2.51. The van der Waals surface area contributed by atoms with Crippen LogP contribution in [-0.4, -0.2) is 4.40 Å². The SMILES string of the molecule is CCCCc1ccc(-c2c(-c3ccccc3)n3c(=O)cc[n+]4c3c3c(cccc23)C(C)(CC)C4(C)CC)cc1. The normalized spacial score (nSPS) is 20.2. The summed E-state index contributed by atoms with van der Waals surface area (Å²) in [6, 6.07) is 28.1. The number of rotatable bonds is 7. The molecule has 6 rings (SSSR count). The van der Waals surface area contributed by atoms with E-state index in [1.807, 2.05) is 16.7 Å². The average Bonchev–Trinajstić information content (AvgIpc) is 2.98. The fraction of sp³-hybridized carbons (Fsp3) is 0.333. The molecule has 0 radical (unpaired) electrons. The molecule has 0 amide bonds. The molecule has 0 spiro atoms. The van der Waals surface area contributed by atoms with Gasteiger partial charge < -0.3 is 0 Å². The molecule has 198 valence electrons. The van der Waals surface area contributed by atoms with Crippen molar-refractivity contribution >= 4 is 16.4 Å². The molecule has 1 aliphatic heterocycles. The van der Waals surface area contributed by atoms with Crippen LogP contribution in [0.4, 0.5) is 0 Å². The Morgan fingerprint density at radius 2 is 1.54 bits per heavy atom. The van der Waals surface area contributed by atoms with Gasteiger partial charge in [0.25, 0.3) is 5.65 Å².